The number of nitrogens with zero attached hydrogens (tertiary/aromatic N) is 1. The Hall–Kier alpha value is -8.20. The first-order valence-electron chi connectivity index (χ1n) is 21.2. The summed E-state index contributed by atoms with van der Waals surface area (Å²) in [4.78, 5) is 2.39. The number of benzene rings is 11. The number of fused-ring (bicyclic) bond motifs is 8. The molecular weight excluding hydrogens is 751 g/mol. The summed E-state index contributed by atoms with van der Waals surface area (Å²) in [5.74, 6) is 0. The van der Waals surface area contributed by atoms with Crippen molar-refractivity contribution in [2.75, 3.05) is 4.90 Å². The number of rotatable bonds is 7. The van der Waals surface area contributed by atoms with Gasteiger partial charge in [-0.3, -0.25) is 0 Å². The number of hydrogen-bond donors (Lipinski definition) is 0. The highest BCUT2D eigenvalue weighted by atomic mass is 16.3. The molecule has 0 aliphatic rings. The lowest BCUT2D eigenvalue weighted by Gasteiger charge is -2.28. The minimum absolute atomic E-state index is 0.895. The van der Waals surface area contributed by atoms with Gasteiger partial charge in [0.1, 0.15) is 11.2 Å². The zero-order chi connectivity index (χ0) is 41.0. The SMILES string of the molecule is c1ccc(-c2ccc(-c3ccccc3N(c3ccc(-c4ccc5c(ccc6ccccc65)c4)cc3)c3ccc(-c4cccc5oc6c7ccccc7ccc6c45)cc3)cc2)cc1. The smallest absolute Gasteiger partial charge is 0.143 e. The van der Waals surface area contributed by atoms with E-state index in [9.17, 15) is 0 Å². The minimum Gasteiger partial charge on any atom is -0.455 e. The molecule has 1 aromatic heterocycles. The van der Waals surface area contributed by atoms with E-state index in [-0.39, 0.29) is 0 Å². The Balaban J connectivity index is 0.963. The van der Waals surface area contributed by atoms with Gasteiger partial charge in [0.05, 0.1) is 5.69 Å². The van der Waals surface area contributed by atoms with Gasteiger partial charge in [-0.05, 0) is 114 Å². The zero-order valence-corrected chi connectivity index (χ0v) is 33.9. The molecule has 12 aromatic rings. The van der Waals surface area contributed by atoms with E-state index in [0.29, 0.717) is 0 Å². The predicted molar refractivity (Wildman–Crippen MR) is 263 cm³/mol. The predicted octanol–water partition coefficient (Wildman–Crippen LogP) is 17.2. The molecule has 0 aliphatic heterocycles. The van der Waals surface area contributed by atoms with E-state index in [2.05, 4.69) is 241 Å². The highest BCUT2D eigenvalue weighted by Crippen LogP contribution is 2.44. The van der Waals surface area contributed by atoms with Crippen LogP contribution in [0.1, 0.15) is 0 Å². The number of hydrogen-bond acceptors (Lipinski definition) is 2. The summed E-state index contributed by atoms with van der Waals surface area (Å²) >= 11 is 0. The molecule has 0 saturated heterocycles. The van der Waals surface area contributed by atoms with Crippen LogP contribution in [0.3, 0.4) is 0 Å². The van der Waals surface area contributed by atoms with E-state index >= 15 is 0 Å². The summed E-state index contributed by atoms with van der Waals surface area (Å²) < 4.78 is 6.56. The molecule has 2 nitrogen and oxygen atoms in total. The maximum atomic E-state index is 6.56. The Morgan fingerprint density at radius 2 is 0.790 bits per heavy atom. The third-order valence-corrected chi connectivity index (χ3v) is 12.5. The van der Waals surface area contributed by atoms with Gasteiger partial charge < -0.3 is 9.32 Å². The Morgan fingerprint density at radius 3 is 1.58 bits per heavy atom. The van der Waals surface area contributed by atoms with Gasteiger partial charge in [0.15, 0.2) is 0 Å². The fraction of sp³-hybridized carbons (Fsp3) is 0. The van der Waals surface area contributed by atoms with E-state index in [1.54, 1.807) is 0 Å². The van der Waals surface area contributed by atoms with Crippen LogP contribution in [0.25, 0.3) is 98.8 Å². The normalized spacial score (nSPS) is 11.5. The van der Waals surface area contributed by atoms with Gasteiger partial charge in [-0.15, -0.1) is 0 Å². The van der Waals surface area contributed by atoms with Crippen molar-refractivity contribution in [1.82, 2.24) is 0 Å². The maximum Gasteiger partial charge on any atom is 0.143 e. The van der Waals surface area contributed by atoms with Crippen molar-refractivity contribution in [3.63, 3.8) is 0 Å². The van der Waals surface area contributed by atoms with Crippen LogP contribution in [-0.4, -0.2) is 0 Å². The monoisotopic (exact) mass is 789 g/mol. The van der Waals surface area contributed by atoms with Crippen molar-refractivity contribution in [2.24, 2.45) is 0 Å². The molecule has 0 fully saturated rings. The van der Waals surface area contributed by atoms with E-state index < -0.39 is 0 Å². The largest absolute Gasteiger partial charge is 0.455 e. The first-order chi connectivity index (χ1) is 30.7. The first-order valence-corrected chi connectivity index (χ1v) is 21.2. The highest BCUT2D eigenvalue weighted by Gasteiger charge is 2.19. The lowest BCUT2D eigenvalue weighted by molar-refractivity contribution is 0.673. The molecular formula is C60H39NO. The molecule has 0 spiro atoms. The summed E-state index contributed by atoms with van der Waals surface area (Å²) in [6.45, 7) is 0. The minimum atomic E-state index is 0.895. The molecule has 0 amide bonds. The molecule has 0 radical (unpaired) electrons. The number of furan rings is 1. The quantitative estimate of drug-likeness (QED) is 0.150. The van der Waals surface area contributed by atoms with Crippen molar-refractivity contribution in [3.05, 3.63) is 237 Å². The molecule has 1 heterocycles. The third kappa shape index (κ3) is 6.12. The van der Waals surface area contributed by atoms with Gasteiger partial charge in [-0.1, -0.05) is 188 Å². The second kappa shape index (κ2) is 14.8. The molecule has 11 aromatic carbocycles. The van der Waals surface area contributed by atoms with Crippen LogP contribution in [0, 0.1) is 0 Å². The van der Waals surface area contributed by atoms with Crippen LogP contribution in [-0.2, 0) is 0 Å². The molecule has 0 aliphatic carbocycles. The first kappa shape index (κ1) is 35.7. The fourth-order valence-electron chi connectivity index (χ4n) is 9.39. The Kier molecular flexibility index (Phi) is 8.53. The van der Waals surface area contributed by atoms with E-state index in [1.807, 2.05) is 0 Å². The molecule has 290 valence electrons. The lowest BCUT2D eigenvalue weighted by atomic mass is 9.96. The summed E-state index contributed by atoms with van der Waals surface area (Å²) in [6, 6.07) is 85.4. The van der Waals surface area contributed by atoms with Gasteiger partial charge in [-0.25, -0.2) is 0 Å². The topological polar surface area (TPSA) is 16.4 Å². The molecule has 0 N–H and O–H groups in total. The Labute approximate surface area is 360 Å². The average Bonchev–Trinajstić information content (AvgIpc) is 3.75. The van der Waals surface area contributed by atoms with Crippen LogP contribution < -0.4 is 4.90 Å². The molecule has 2 heteroatoms. The third-order valence-electron chi connectivity index (χ3n) is 12.5. The molecule has 62 heavy (non-hydrogen) atoms. The molecule has 12 rings (SSSR count). The summed E-state index contributed by atoms with van der Waals surface area (Å²) in [5, 5.41) is 9.64. The van der Waals surface area contributed by atoms with Crippen LogP contribution in [0.4, 0.5) is 17.1 Å². The highest BCUT2D eigenvalue weighted by molar-refractivity contribution is 6.19. The fourth-order valence-corrected chi connectivity index (χ4v) is 9.39. The van der Waals surface area contributed by atoms with Gasteiger partial charge >= 0.3 is 0 Å². The Bertz CT molecular complexity index is 3600. The maximum absolute atomic E-state index is 6.56. The van der Waals surface area contributed by atoms with Gasteiger partial charge in [0, 0.05) is 33.1 Å². The van der Waals surface area contributed by atoms with E-state index in [1.165, 1.54) is 49.2 Å². The van der Waals surface area contributed by atoms with Crippen LogP contribution in [0.2, 0.25) is 0 Å². The van der Waals surface area contributed by atoms with Crippen LogP contribution in [0.15, 0.2) is 241 Å². The van der Waals surface area contributed by atoms with E-state index in [4.69, 9.17) is 4.42 Å². The summed E-state index contributed by atoms with van der Waals surface area (Å²) in [5.41, 5.74) is 14.5. The van der Waals surface area contributed by atoms with Crippen molar-refractivity contribution in [1.29, 1.82) is 0 Å². The summed E-state index contributed by atoms with van der Waals surface area (Å²) in [6.07, 6.45) is 0. The zero-order valence-electron chi connectivity index (χ0n) is 33.9. The summed E-state index contributed by atoms with van der Waals surface area (Å²) in [7, 11) is 0. The second-order valence-corrected chi connectivity index (χ2v) is 16.1. The van der Waals surface area contributed by atoms with Crippen molar-refractivity contribution >= 4 is 71.3 Å². The van der Waals surface area contributed by atoms with Gasteiger partial charge in [-0.2, -0.15) is 0 Å². The molecule has 0 atom stereocenters. The van der Waals surface area contributed by atoms with Crippen LogP contribution >= 0.6 is 0 Å². The number of anilines is 3. The van der Waals surface area contributed by atoms with Crippen molar-refractivity contribution in [2.45, 2.75) is 0 Å². The molecule has 0 saturated carbocycles. The average molecular weight is 790 g/mol. The Morgan fingerprint density at radius 1 is 0.290 bits per heavy atom. The van der Waals surface area contributed by atoms with Gasteiger partial charge in [0.2, 0.25) is 0 Å². The van der Waals surface area contributed by atoms with E-state index in [0.717, 1.165) is 66.6 Å². The lowest BCUT2D eigenvalue weighted by Crippen LogP contribution is -2.11. The molecule has 0 bridgehead atoms. The van der Waals surface area contributed by atoms with Crippen molar-refractivity contribution in [3.8, 4) is 44.5 Å². The standard InChI is InChI=1S/C60H39NO/c1-2-11-40(12-3-1)41-21-23-45(24-22-41)53-16-8-9-19-57(53)61(49-33-27-42(28-34-49)47-32-37-52-48(39-47)26-25-43-13-4-6-15-51(43)52)50-35-29-46(30-36-50)54-18-10-20-58-59(54)56-38-31-44-14-5-7-17-55(44)60(56)62-58/h1-39H. The molecule has 0 unspecified atom stereocenters. The number of para-hydroxylation sites is 1. The van der Waals surface area contributed by atoms with Crippen LogP contribution in [0.5, 0.6) is 0 Å². The van der Waals surface area contributed by atoms with Gasteiger partial charge in [0.25, 0.3) is 0 Å². The second-order valence-electron chi connectivity index (χ2n) is 16.1. The van der Waals surface area contributed by atoms with Crippen molar-refractivity contribution < 1.29 is 4.42 Å².